The largest absolute Gasteiger partial charge is 0.507 e. The monoisotopic (exact) mass is 538 g/mol. The van der Waals surface area contributed by atoms with E-state index >= 15 is 0 Å². The van der Waals surface area contributed by atoms with Crippen LogP contribution in [0.2, 0.25) is 0 Å². The molecule has 3 aromatic carbocycles. The molecule has 0 radical (unpaired) electrons. The maximum absolute atomic E-state index is 13.3. The molecular weight excluding hydrogens is 512 g/mol. The lowest BCUT2D eigenvalue weighted by Crippen LogP contribution is -2.29. The van der Waals surface area contributed by atoms with Crippen molar-refractivity contribution in [3.63, 3.8) is 0 Å². The van der Waals surface area contributed by atoms with E-state index in [9.17, 15) is 19.5 Å². The molecule has 0 spiro atoms. The van der Waals surface area contributed by atoms with Crippen LogP contribution in [-0.2, 0) is 16.2 Å². The third kappa shape index (κ3) is 4.98. The number of thiazole rings is 1. The number of anilines is 1. The molecule has 1 fully saturated rings. The van der Waals surface area contributed by atoms with Gasteiger partial charge >= 0.3 is 5.91 Å². The Bertz CT molecular complexity index is 1610. The van der Waals surface area contributed by atoms with Gasteiger partial charge in [-0.15, -0.1) is 0 Å². The van der Waals surface area contributed by atoms with Crippen molar-refractivity contribution in [1.82, 2.24) is 4.98 Å². The summed E-state index contributed by atoms with van der Waals surface area (Å²) >= 11 is 1.06. The van der Waals surface area contributed by atoms with Gasteiger partial charge < -0.3 is 9.84 Å². The summed E-state index contributed by atoms with van der Waals surface area (Å²) in [4.78, 5) is 44.9. The Balaban J connectivity index is 1.52. The summed E-state index contributed by atoms with van der Waals surface area (Å²) < 4.78 is 5.91. The van der Waals surface area contributed by atoms with Crippen molar-refractivity contribution in [1.29, 1.82) is 0 Å². The van der Waals surface area contributed by atoms with E-state index in [1.165, 1.54) is 11.8 Å². The quantitative estimate of drug-likeness (QED) is 0.131. The predicted octanol–water partition coefficient (Wildman–Crippen LogP) is 6.17. The van der Waals surface area contributed by atoms with Gasteiger partial charge in [0.25, 0.3) is 5.78 Å². The van der Waals surface area contributed by atoms with Crippen molar-refractivity contribution >= 4 is 39.7 Å². The van der Waals surface area contributed by atoms with Crippen LogP contribution in [0.3, 0.4) is 0 Å². The minimum atomic E-state index is -0.909. The van der Waals surface area contributed by atoms with Crippen LogP contribution in [0.1, 0.15) is 50.6 Å². The number of Topliss-reactive ketones (excluding diaryl/α,β-unsaturated/α-hetero) is 2. The summed E-state index contributed by atoms with van der Waals surface area (Å²) in [5.74, 6) is -1.50. The number of nitrogens with zero attached hydrogens (tertiary/aromatic N) is 2. The standard InChI is InChI=1S/C31H26N2O5S/c1-18-9-7-8-12-23(18)17-38-24-15-13-22(14-16-24)27(35)25-26(21-10-5-4-6-11-21)33(30(37)28(25)36)31-32-19(2)29(39-31)20(3)34/h4-16,26,35H,17H2,1-3H3/b27-25+. The van der Waals surface area contributed by atoms with Crippen LogP contribution >= 0.6 is 11.3 Å². The van der Waals surface area contributed by atoms with Crippen molar-refractivity contribution in [2.24, 2.45) is 0 Å². The van der Waals surface area contributed by atoms with Gasteiger partial charge in [0.15, 0.2) is 10.9 Å². The average molecular weight is 539 g/mol. The molecular formula is C31H26N2O5S. The second kappa shape index (κ2) is 10.7. The van der Waals surface area contributed by atoms with Crippen LogP contribution in [0, 0.1) is 13.8 Å². The van der Waals surface area contributed by atoms with Crippen LogP contribution in [0.25, 0.3) is 5.76 Å². The third-order valence-corrected chi connectivity index (χ3v) is 7.91. The minimum Gasteiger partial charge on any atom is -0.507 e. The number of hydrogen-bond acceptors (Lipinski definition) is 7. The Hall–Kier alpha value is -4.56. The Labute approximate surface area is 230 Å². The molecule has 2 heterocycles. The zero-order valence-electron chi connectivity index (χ0n) is 21.7. The lowest BCUT2D eigenvalue weighted by atomic mass is 9.95. The Morgan fingerprint density at radius 1 is 0.974 bits per heavy atom. The summed E-state index contributed by atoms with van der Waals surface area (Å²) in [7, 11) is 0. The molecule has 8 heteroatoms. The van der Waals surface area contributed by atoms with Gasteiger partial charge in [-0.1, -0.05) is 65.9 Å². The van der Waals surface area contributed by atoms with E-state index < -0.39 is 17.7 Å². The third-order valence-electron chi connectivity index (χ3n) is 6.65. The Kier molecular flexibility index (Phi) is 7.13. The maximum atomic E-state index is 13.3. The highest BCUT2D eigenvalue weighted by molar-refractivity contribution is 7.18. The van der Waals surface area contributed by atoms with Crippen molar-refractivity contribution in [2.75, 3.05) is 4.90 Å². The first-order valence-electron chi connectivity index (χ1n) is 12.4. The lowest BCUT2D eigenvalue weighted by molar-refractivity contribution is -0.132. The number of hydrogen-bond donors (Lipinski definition) is 1. The molecule has 7 nitrogen and oxygen atoms in total. The van der Waals surface area contributed by atoms with Crippen LogP contribution in [0.5, 0.6) is 5.75 Å². The molecule has 1 N–H and O–H groups in total. The number of rotatable bonds is 7. The molecule has 1 aliphatic rings. The van der Waals surface area contributed by atoms with Crippen molar-refractivity contribution < 1.29 is 24.2 Å². The van der Waals surface area contributed by atoms with E-state index in [-0.39, 0.29) is 22.2 Å². The number of aliphatic hydroxyl groups is 1. The van der Waals surface area contributed by atoms with Crippen molar-refractivity contribution in [3.05, 3.63) is 117 Å². The number of ether oxygens (including phenoxy) is 1. The Morgan fingerprint density at radius 3 is 2.28 bits per heavy atom. The molecule has 1 unspecified atom stereocenters. The lowest BCUT2D eigenvalue weighted by Gasteiger charge is -2.23. The molecule has 4 aromatic rings. The first kappa shape index (κ1) is 26.1. The topological polar surface area (TPSA) is 96.8 Å². The molecule has 0 saturated carbocycles. The second-order valence-corrected chi connectivity index (χ2v) is 10.3. The highest BCUT2D eigenvalue weighted by Gasteiger charge is 2.48. The SMILES string of the molecule is CC(=O)c1sc(N2C(=O)C(=O)/C(=C(/O)c3ccc(OCc4ccccc4C)cc3)C2c2ccccc2)nc1C. The predicted molar refractivity (Wildman–Crippen MR) is 150 cm³/mol. The van der Waals surface area contributed by atoms with E-state index in [1.54, 1.807) is 55.5 Å². The van der Waals surface area contributed by atoms with Gasteiger partial charge in [-0.25, -0.2) is 4.98 Å². The fraction of sp³-hybridized carbons (Fsp3) is 0.161. The molecule has 0 bridgehead atoms. The molecule has 5 rings (SSSR count). The summed E-state index contributed by atoms with van der Waals surface area (Å²) in [6, 6.07) is 22.8. The van der Waals surface area contributed by atoms with Crippen LogP contribution in [0.15, 0.2) is 84.4 Å². The summed E-state index contributed by atoms with van der Waals surface area (Å²) in [5, 5.41) is 11.6. The number of carbonyl (C=O) groups is 3. The van der Waals surface area contributed by atoms with Crippen molar-refractivity contribution in [2.45, 2.75) is 33.4 Å². The van der Waals surface area contributed by atoms with E-state index in [1.807, 2.05) is 37.3 Å². The summed E-state index contributed by atoms with van der Waals surface area (Å²) in [6.45, 7) is 5.54. The van der Waals surface area contributed by atoms with E-state index in [4.69, 9.17) is 4.74 Å². The molecule has 1 aromatic heterocycles. The smallest absolute Gasteiger partial charge is 0.301 e. The summed E-state index contributed by atoms with van der Waals surface area (Å²) in [5.41, 5.74) is 3.64. The van der Waals surface area contributed by atoms with Crippen LogP contribution in [-0.4, -0.2) is 27.6 Å². The number of aliphatic hydroxyl groups excluding tert-OH is 1. The van der Waals surface area contributed by atoms with E-state index in [0.717, 1.165) is 22.5 Å². The van der Waals surface area contributed by atoms with Gasteiger partial charge in [0.05, 0.1) is 22.2 Å². The fourth-order valence-corrected chi connectivity index (χ4v) is 5.58. The highest BCUT2D eigenvalue weighted by Crippen LogP contribution is 2.44. The zero-order valence-corrected chi connectivity index (χ0v) is 22.5. The summed E-state index contributed by atoms with van der Waals surface area (Å²) in [6.07, 6.45) is 0. The average Bonchev–Trinajstić information content (AvgIpc) is 3.45. The van der Waals surface area contributed by atoms with E-state index in [2.05, 4.69) is 4.98 Å². The molecule has 196 valence electrons. The fourth-order valence-electron chi connectivity index (χ4n) is 4.59. The van der Waals surface area contributed by atoms with Crippen LogP contribution in [0.4, 0.5) is 5.13 Å². The molecule has 0 aliphatic carbocycles. The van der Waals surface area contributed by atoms with Gasteiger partial charge in [0.1, 0.15) is 18.1 Å². The van der Waals surface area contributed by atoms with Crippen molar-refractivity contribution in [3.8, 4) is 5.75 Å². The first-order chi connectivity index (χ1) is 18.8. The van der Waals surface area contributed by atoms with Gasteiger partial charge in [-0.2, -0.15) is 0 Å². The molecule has 1 saturated heterocycles. The molecule has 1 amide bonds. The molecule has 1 atom stereocenters. The zero-order chi connectivity index (χ0) is 27.7. The highest BCUT2D eigenvalue weighted by atomic mass is 32.1. The Morgan fingerprint density at radius 2 is 1.64 bits per heavy atom. The number of aryl methyl sites for hydroxylation is 2. The number of aromatic nitrogens is 1. The maximum Gasteiger partial charge on any atom is 0.301 e. The molecule has 1 aliphatic heterocycles. The van der Waals surface area contributed by atoms with Gasteiger partial charge in [0.2, 0.25) is 0 Å². The number of ketones is 2. The number of benzene rings is 3. The van der Waals surface area contributed by atoms with E-state index in [0.29, 0.717) is 34.1 Å². The van der Waals surface area contributed by atoms with Gasteiger partial charge in [-0.3, -0.25) is 19.3 Å². The number of carbonyl (C=O) groups excluding carboxylic acids is 3. The second-order valence-electron chi connectivity index (χ2n) is 9.29. The van der Waals surface area contributed by atoms with Crippen LogP contribution < -0.4 is 9.64 Å². The number of amides is 1. The van der Waals surface area contributed by atoms with Gasteiger partial charge in [0, 0.05) is 12.5 Å². The normalized spacial score (nSPS) is 16.5. The minimum absolute atomic E-state index is 0.0444. The van der Waals surface area contributed by atoms with Gasteiger partial charge in [-0.05, 0) is 54.8 Å². The first-order valence-corrected chi connectivity index (χ1v) is 13.2. The molecule has 39 heavy (non-hydrogen) atoms.